The average molecular weight is 701 g/mol. The number of nitriles is 2. The second-order valence-electron chi connectivity index (χ2n) is 10.8. The molecule has 1 aliphatic rings. The van der Waals surface area contributed by atoms with E-state index in [0.717, 1.165) is 61.6 Å². The number of carbonyl (C=O) groups excluding carboxylic acids is 1. The largest absolute Gasteiger partial charge is 0.355 e. The summed E-state index contributed by atoms with van der Waals surface area (Å²) >= 11 is 9.07. The van der Waals surface area contributed by atoms with Crippen molar-refractivity contribution in [3.63, 3.8) is 0 Å². The van der Waals surface area contributed by atoms with Crippen molar-refractivity contribution in [1.82, 2.24) is 24.9 Å². The van der Waals surface area contributed by atoms with E-state index in [0.29, 0.717) is 35.2 Å². The number of benzene rings is 1. The van der Waals surface area contributed by atoms with Gasteiger partial charge in [-0.15, -0.1) is 23.5 Å². The van der Waals surface area contributed by atoms with Crippen LogP contribution in [0.15, 0.2) is 65.2 Å². The first-order valence-electron chi connectivity index (χ1n) is 15.5. The summed E-state index contributed by atoms with van der Waals surface area (Å²) < 4.78 is 0. The third-order valence-electron chi connectivity index (χ3n) is 7.69. The monoisotopic (exact) mass is 700 g/mol. The van der Waals surface area contributed by atoms with Gasteiger partial charge in [0.1, 0.15) is 41.7 Å². The number of hydrogen-bond donors (Lipinski definition) is 2. The first kappa shape index (κ1) is 36.4. The molecule has 0 amide bonds. The molecule has 0 atom stereocenters. The second-order valence-corrected chi connectivity index (χ2v) is 12.8. The lowest BCUT2D eigenvalue weighted by molar-refractivity contribution is -0.123. The number of pyridine rings is 1. The van der Waals surface area contributed by atoms with Gasteiger partial charge in [-0.1, -0.05) is 31.4 Å². The summed E-state index contributed by atoms with van der Waals surface area (Å²) in [6, 6.07) is 15.9. The molecule has 48 heavy (non-hydrogen) atoms. The summed E-state index contributed by atoms with van der Waals surface area (Å²) in [5, 5.41) is 26.1. The minimum Gasteiger partial charge on any atom is -0.355 e. The molecule has 0 aliphatic carbocycles. The average Bonchev–Trinajstić information content (AvgIpc) is 3.12. The molecule has 0 spiro atoms. The zero-order valence-electron chi connectivity index (χ0n) is 27.1. The Labute approximate surface area is 295 Å². The molecule has 1 saturated heterocycles. The first-order valence-corrected chi connectivity index (χ1v) is 18.3. The molecule has 0 unspecified atom stereocenters. The van der Waals surface area contributed by atoms with Crippen LogP contribution in [0.4, 0.5) is 28.8 Å². The fourth-order valence-electron chi connectivity index (χ4n) is 5.06. The van der Waals surface area contributed by atoms with Gasteiger partial charge in [-0.05, 0) is 68.2 Å². The minimum atomic E-state index is 0.129. The van der Waals surface area contributed by atoms with E-state index in [-0.39, 0.29) is 16.6 Å². The number of unbranched alkanes of at least 4 members (excludes halogenated alkanes) is 2. The normalized spacial score (nSPS) is 12.7. The van der Waals surface area contributed by atoms with Crippen LogP contribution in [0.1, 0.15) is 56.6 Å². The number of rotatable bonds is 12. The molecule has 14 heteroatoms. The summed E-state index contributed by atoms with van der Waals surface area (Å²) in [6.07, 6.45) is 14.0. The van der Waals surface area contributed by atoms with E-state index in [2.05, 4.69) is 53.4 Å². The van der Waals surface area contributed by atoms with Crippen molar-refractivity contribution in [1.29, 1.82) is 10.5 Å². The summed E-state index contributed by atoms with van der Waals surface area (Å²) in [7, 11) is 0. The number of piperidine rings is 1. The highest BCUT2D eigenvalue weighted by Crippen LogP contribution is 2.30. The van der Waals surface area contributed by atoms with Crippen molar-refractivity contribution in [2.45, 2.75) is 55.4 Å². The van der Waals surface area contributed by atoms with Gasteiger partial charge in [-0.3, -0.25) is 4.79 Å². The molecule has 0 bridgehead atoms. The van der Waals surface area contributed by atoms with E-state index in [4.69, 9.17) is 16.9 Å². The second kappa shape index (κ2) is 18.8. The number of nitrogens with one attached hydrogen (secondary N) is 2. The van der Waals surface area contributed by atoms with E-state index in [1.54, 1.807) is 29.7 Å². The molecular formula is C34H37ClN10OS2. The molecule has 2 N–H and O–H groups in total. The summed E-state index contributed by atoms with van der Waals surface area (Å²) in [4.78, 5) is 36.5. The molecule has 1 aliphatic heterocycles. The molecule has 1 fully saturated rings. The van der Waals surface area contributed by atoms with E-state index >= 15 is 0 Å². The fraction of sp³-hybridized carbons (Fsp3) is 0.353. The summed E-state index contributed by atoms with van der Waals surface area (Å²) in [5.41, 5.74) is 2.27. The molecule has 4 heterocycles. The number of halogens is 1. The molecule has 248 valence electrons. The fourth-order valence-corrected chi connectivity index (χ4v) is 6.01. The number of ketones is 1. The number of hydrogen-bond acceptors (Lipinski definition) is 13. The van der Waals surface area contributed by atoms with Crippen LogP contribution < -0.4 is 15.5 Å². The third-order valence-corrected chi connectivity index (χ3v) is 9.38. The van der Waals surface area contributed by atoms with Crippen molar-refractivity contribution >= 4 is 69.7 Å². The standard InChI is InChI=1S/C22H28N6OS.C12H9ClN4S/c1-3-4-5-6-19(29)16-9-11-28(12-10-16)22-18(13-23)21(25-15-26-22)27-17-7-8-20(30-2)24-14-17;1-18-9-4-2-8(3-5-9)17-12-10(6-14)11(13)15-7-16-12/h7-8,14-16H,3-6,9-12H2,1-2H3,(H,25,26,27);2-5,7H,1H3,(H,15,16,17). The smallest absolute Gasteiger partial charge is 0.154 e. The number of Topliss-reactive ketones (excluding diaryl/α,β-unsaturated/α-hetero) is 1. The molecule has 0 saturated carbocycles. The maximum absolute atomic E-state index is 12.4. The van der Waals surface area contributed by atoms with Gasteiger partial charge in [0.15, 0.2) is 22.6 Å². The van der Waals surface area contributed by atoms with Crippen molar-refractivity contribution in [2.75, 3.05) is 41.1 Å². The highest BCUT2D eigenvalue weighted by Gasteiger charge is 2.27. The van der Waals surface area contributed by atoms with Crippen LogP contribution in [-0.4, -0.2) is 56.3 Å². The van der Waals surface area contributed by atoms with Gasteiger partial charge in [0.25, 0.3) is 0 Å². The number of aromatic nitrogens is 5. The van der Waals surface area contributed by atoms with Gasteiger partial charge in [-0.2, -0.15) is 10.5 Å². The lowest BCUT2D eigenvalue weighted by Crippen LogP contribution is -2.37. The zero-order valence-corrected chi connectivity index (χ0v) is 29.5. The number of carbonyl (C=O) groups is 1. The molecule has 4 aromatic rings. The van der Waals surface area contributed by atoms with Crippen LogP contribution in [-0.2, 0) is 4.79 Å². The molecule has 3 aromatic heterocycles. The highest BCUT2D eigenvalue weighted by molar-refractivity contribution is 7.98. The highest BCUT2D eigenvalue weighted by atomic mass is 35.5. The lowest BCUT2D eigenvalue weighted by atomic mass is 9.90. The Kier molecular flexibility index (Phi) is 14.3. The van der Waals surface area contributed by atoms with E-state index in [1.165, 1.54) is 17.6 Å². The SMILES string of the molecule is CCCCCC(=O)C1CCN(c2ncnc(Nc3ccc(SC)nc3)c2C#N)CC1.CSc1ccc(Nc2ncnc(Cl)c2C#N)cc1. The van der Waals surface area contributed by atoms with Gasteiger partial charge >= 0.3 is 0 Å². The zero-order chi connectivity index (χ0) is 34.3. The number of anilines is 5. The van der Waals surface area contributed by atoms with Gasteiger partial charge in [-0.25, -0.2) is 24.9 Å². The molecular weight excluding hydrogens is 664 g/mol. The Bertz CT molecular complexity index is 1740. The van der Waals surface area contributed by atoms with E-state index < -0.39 is 0 Å². The topological polar surface area (TPSA) is 156 Å². The van der Waals surface area contributed by atoms with Gasteiger partial charge in [0.05, 0.1) is 16.9 Å². The van der Waals surface area contributed by atoms with E-state index in [1.807, 2.05) is 55.0 Å². The van der Waals surface area contributed by atoms with Gasteiger partial charge < -0.3 is 15.5 Å². The van der Waals surface area contributed by atoms with Crippen LogP contribution in [0.5, 0.6) is 0 Å². The van der Waals surface area contributed by atoms with Crippen molar-refractivity contribution in [3.05, 3.63) is 71.5 Å². The summed E-state index contributed by atoms with van der Waals surface area (Å²) in [6.45, 7) is 3.59. The van der Waals surface area contributed by atoms with E-state index in [9.17, 15) is 10.1 Å². The number of nitrogens with zero attached hydrogens (tertiary/aromatic N) is 8. The molecule has 0 radical (unpaired) electrons. The number of thioether (sulfide) groups is 2. The lowest BCUT2D eigenvalue weighted by Gasteiger charge is -2.32. The molecule has 5 rings (SSSR count). The maximum atomic E-state index is 12.4. The Morgan fingerprint density at radius 2 is 1.52 bits per heavy atom. The quantitative estimate of drug-likeness (QED) is 0.0832. The summed E-state index contributed by atoms with van der Waals surface area (Å²) in [5.74, 6) is 2.02. The van der Waals surface area contributed by atoms with Crippen LogP contribution >= 0.6 is 35.1 Å². The van der Waals surface area contributed by atoms with Crippen LogP contribution in [0, 0.1) is 28.6 Å². The van der Waals surface area contributed by atoms with Crippen LogP contribution in [0.25, 0.3) is 0 Å². The molecule has 11 nitrogen and oxygen atoms in total. The Morgan fingerprint density at radius 1 is 0.875 bits per heavy atom. The third kappa shape index (κ3) is 10.0. The maximum Gasteiger partial charge on any atom is 0.154 e. The van der Waals surface area contributed by atoms with Gasteiger partial charge in [0, 0.05) is 36.0 Å². The van der Waals surface area contributed by atoms with Crippen molar-refractivity contribution < 1.29 is 4.79 Å². The molecule has 1 aromatic carbocycles. The van der Waals surface area contributed by atoms with Crippen molar-refractivity contribution in [2.24, 2.45) is 5.92 Å². The van der Waals surface area contributed by atoms with Crippen LogP contribution in [0.3, 0.4) is 0 Å². The van der Waals surface area contributed by atoms with Gasteiger partial charge in [0.2, 0.25) is 0 Å². The van der Waals surface area contributed by atoms with Crippen LogP contribution in [0.2, 0.25) is 5.15 Å². The Balaban J connectivity index is 0.000000246. The first-order chi connectivity index (χ1) is 23.4. The minimum absolute atomic E-state index is 0.129. The predicted molar refractivity (Wildman–Crippen MR) is 193 cm³/mol. The predicted octanol–water partition coefficient (Wildman–Crippen LogP) is 8.04. The van der Waals surface area contributed by atoms with Crippen molar-refractivity contribution in [3.8, 4) is 12.1 Å². The Hall–Kier alpha value is -4.43. The Morgan fingerprint density at radius 3 is 2.12 bits per heavy atom.